The second-order valence-electron chi connectivity index (χ2n) is 6.53. The van der Waals surface area contributed by atoms with Crippen molar-refractivity contribution in [2.24, 2.45) is 0 Å². The van der Waals surface area contributed by atoms with Crippen LogP contribution in [0.3, 0.4) is 0 Å². The zero-order valence-electron chi connectivity index (χ0n) is 14.6. The van der Waals surface area contributed by atoms with Crippen LogP contribution in [0.25, 0.3) is 5.78 Å². The van der Waals surface area contributed by atoms with Gasteiger partial charge in [0.2, 0.25) is 0 Å². The summed E-state index contributed by atoms with van der Waals surface area (Å²) in [6.07, 6.45) is 7.65. The summed E-state index contributed by atoms with van der Waals surface area (Å²) >= 11 is 0. The van der Waals surface area contributed by atoms with Gasteiger partial charge < -0.3 is 10.2 Å². The first-order valence-electron chi connectivity index (χ1n) is 9.15. The third-order valence-corrected chi connectivity index (χ3v) is 4.76. The fourth-order valence-electron chi connectivity index (χ4n) is 3.39. The van der Waals surface area contributed by atoms with Gasteiger partial charge in [-0.15, -0.1) is 0 Å². The first-order valence-corrected chi connectivity index (χ1v) is 9.15. The van der Waals surface area contributed by atoms with Crippen LogP contribution < -0.4 is 10.2 Å². The molecule has 1 fully saturated rings. The Balaban J connectivity index is 1.63. The maximum absolute atomic E-state index is 4.50. The molecule has 0 atom stereocenters. The van der Waals surface area contributed by atoms with Crippen LogP contribution in [0.5, 0.6) is 0 Å². The van der Waals surface area contributed by atoms with Gasteiger partial charge in [-0.1, -0.05) is 25.8 Å². The molecule has 25 heavy (non-hydrogen) atoms. The average molecular weight is 336 g/mol. The lowest BCUT2D eigenvalue weighted by atomic mass is 10.2. The van der Waals surface area contributed by atoms with Crippen LogP contribution in [-0.2, 0) is 6.42 Å². The molecule has 1 N–H and O–H groups in total. The summed E-state index contributed by atoms with van der Waals surface area (Å²) in [4.78, 5) is 11.2. The summed E-state index contributed by atoms with van der Waals surface area (Å²) < 4.78 is 1.75. The van der Waals surface area contributed by atoms with Gasteiger partial charge in [-0.25, -0.2) is 4.98 Å². The molecule has 130 valence electrons. The number of fused-ring (bicyclic) bond motifs is 1. The predicted octanol–water partition coefficient (Wildman–Crippen LogP) is 3.81. The van der Waals surface area contributed by atoms with Crippen LogP contribution in [0, 0.1) is 0 Å². The molecule has 0 saturated carbocycles. The van der Waals surface area contributed by atoms with Crippen molar-refractivity contribution in [3.8, 4) is 0 Å². The number of anilines is 3. The molecule has 0 aliphatic carbocycles. The molecule has 0 spiro atoms. The van der Waals surface area contributed by atoms with Crippen molar-refractivity contribution in [3.05, 3.63) is 42.4 Å². The van der Waals surface area contributed by atoms with Crippen LogP contribution >= 0.6 is 0 Å². The molecule has 0 unspecified atom stereocenters. The van der Waals surface area contributed by atoms with Gasteiger partial charge >= 0.3 is 0 Å². The van der Waals surface area contributed by atoms with E-state index in [1.54, 1.807) is 10.8 Å². The number of aryl methyl sites for hydroxylation is 1. The third-order valence-electron chi connectivity index (χ3n) is 4.76. The molecule has 2 aromatic heterocycles. The van der Waals surface area contributed by atoms with Crippen LogP contribution in [0.15, 0.2) is 36.7 Å². The lowest BCUT2D eigenvalue weighted by Gasteiger charge is -2.23. The normalized spacial score (nSPS) is 15.3. The number of benzene rings is 1. The SMILES string of the molecule is CCc1cc(Nc2cccc(N3CCCCCC3)c2)n2ncnc2n1. The number of aromatic nitrogens is 4. The van der Waals surface area contributed by atoms with Gasteiger partial charge in [0.15, 0.2) is 0 Å². The maximum atomic E-state index is 4.50. The summed E-state index contributed by atoms with van der Waals surface area (Å²) in [7, 11) is 0. The molecule has 6 nitrogen and oxygen atoms in total. The smallest absolute Gasteiger partial charge is 0.254 e. The van der Waals surface area contributed by atoms with Crippen molar-refractivity contribution >= 4 is 23.0 Å². The molecule has 1 aliphatic heterocycles. The lowest BCUT2D eigenvalue weighted by Crippen LogP contribution is -2.23. The standard InChI is InChI=1S/C19H24N6/c1-2-15-13-18(25-19(23-15)20-14-21-25)22-16-8-7-9-17(12-16)24-10-5-3-4-6-11-24/h7-9,12-14,22H,2-6,10-11H2,1H3. The summed E-state index contributed by atoms with van der Waals surface area (Å²) in [5, 5.41) is 7.78. The second kappa shape index (κ2) is 7.09. The van der Waals surface area contributed by atoms with E-state index in [4.69, 9.17) is 0 Å². The maximum Gasteiger partial charge on any atom is 0.254 e. The van der Waals surface area contributed by atoms with Crippen molar-refractivity contribution in [3.63, 3.8) is 0 Å². The Kier molecular flexibility index (Phi) is 4.50. The van der Waals surface area contributed by atoms with Crippen LogP contribution in [0.2, 0.25) is 0 Å². The Morgan fingerprint density at radius 1 is 1.08 bits per heavy atom. The highest BCUT2D eigenvalue weighted by molar-refractivity contribution is 5.64. The van der Waals surface area contributed by atoms with E-state index in [0.717, 1.165) is 36.7 Å². The van der Waals surface area contributed by atoms with Crippen LogP contribution in [-0.4, -0.2) is 32.7 Å². The minimum absolute atomic E-state index is 0.630. The highest BCUT2D eigenvalue weighted by Crippen LogP contribution is 2.25. The van der Waals surface area contributed by atoms with Crippen molar-refractivity contribution in [1.29, 1.82) is 0 Å². The molecule has 3 heterocycles. The Labute approximate surface area is 147 Å². The lowest BCUT2D eigenvalue weighted by molar-refractivity contribution is 0.726. The van der Waals surface area contributed by atoms with E-state index >= 15 is 0 Å². The van der Waals surface area contributed by atoms with Crippen molar-refractivity contribution < 1.29 is 0 Å². The summed E-state index contributed by atoms with van der Waals surface area (Å²) in [5.41, 5.74) is 3.35. The highest BCUT2D eigenvalue weighted by Gasteiger charge is 2.11. The van der Waals surface area contributed by atoms with Crippen molar-refractivity contribution in [1.82, 2.24) is 19.6 Å². The monoisotopic (exact) mass is 336 g/mol. The van der Waals surface area contributed by atoms with Gasteiger partial charge in [-0.3, -0.25) is 0 Å². The summed E-state index contributed by atoms with van der Waals surface area (Å²) in [5.74, 6) is 1.53. The molecule has 6 heteroatoms. The number of rotatable bonds is 4. The van der Waals surface area contributed by atoms with Gasteiger partial charge in [-0.2, -0.15) is 14.6 Å². The van der Waals surface area contributed by atoms with E-state index < -0.39 is 0 Å². The summed E-state index contributed by atoms with van der Waals surface area (Å²) in [6, 6.07) is 10.7. The minimum Gasteiger partial charge on any atom is -0.371 e. The molecule has 1 aliphatic rings. The number of hydrogen-bond donors (Lipinski definition) is 1. The van der Waals surface area contributed by atoms with E-state index in [1.807, 2.05) is 6.07 Å². The minimum atomic E-state index is 0.630. The molecular weight excluding hydrogens is 312 g/mol. The summed E-state index contributed by atoms with van der Waals surface area (Å²) in [6.45, 7) is 4.39. The molecular formula is C19H24N6. The third kappa shape index (κ3) is 3.43. The molecule has 3 aromatic rings. The zero-order valence-corrected chi connectivity index (χ0v) is 14.6. The van der Waals surface area contributed by atoms with Crippen LogP contribution in [0.1, 0.15) is 38.3 Å². The van der Waals surface area contributed by atoms with Gasteiger partial charge in [-0.05, 0) is 37.5 Å². The van der Waals surface area contributed by atoms with E-state index in [2.05, 4.69) is 56.5 Å². The molecule has 1 saturated heterocycles. The Morgan fingerprint density at radius 3 is 2.72 bits per heavy atom. The fraction of sp³-hybridized carbons (Fsp3) is 0.421. The second-order valence-corrected chi connectivity index (χ2v) is 6.53. The Morgan fingerprint density at radius 2 is 1.92 bits per heavy atom. The van der Waals surface area contributed by atoms with E-state index in [9.17, 15) is 0 Å². The predicted molar refractivity (Wildman–Crippen MR) is 101 cm³/mol. The first kappa shape index (κ1) is 15.9. The topological polar surface area (TPSA) is 58.4 Å². The number of nitrogens with one attached hydrogen (secondary N) is 1. The van der Waals surface area contributed by atoms with Crippen LogP contribution in [0.4, 0.5) is 17.2 Å². The Bertz CT molecular complexity index is 848. The number of hydrogen-bond acceptors (Lipinski definition) is 5. The first-order chi connectivity index (χ1) is 12.3. The largest absolute Gasteiger partial charge is 0.371 e. The van der Waals surface area contributed by atoms with Gasteiger partial charge in [0.1, 0.15) is 12.1 Å². The van der Waals surface area contributed by atoms with Gasteiger partial charge in [0, 0.05) is 36.2 Å². The number of nitrogens with zero attached hydrogens (tertiary/aromatic N) is 5. The quantitative estimate of drug-likeness (QED) is 0.785. The molecule has 0 amide bonds. The zero-order chi connectivity index (χ0) is 17.1. The van der Waals surface area contributed by atoms with Gasteiger partial charge in [0.05, 0.1) is 0 Å². The van der Waals surface area contributed by atoms with E-state index in [1.165, 1.54) is 31.4 Å². The molecule has 0 radical (unpaired) electrons. The van der Waals surface area contributed by atoms with E-state index in [0.29, 0.717) is 5.78 Å². The molecule has 1 aromatic carbocycles. The van der Waals surface area contributed by atoms with Crippen molar-refractivity contribution in [2.45, 2.75) is 39.0 Å². The molecule has 4 rings (SSSR count). The average Bonchev–Trinajstić information content (AvgIpc) is 2.95. The van der Waals surface area contributed by atoms with Crippen molar-refractivity contribution in [2.75, 3.05) is 23.3 Å². The van der Waals surface area contributed by atoms with E-state index in [-0.39, 0.29) is 0 Å². The Hall–Kier alpha value is -2.63. The highest BCUT2D eigenvalue weighted by atomic mass is 15.4. The molecule has 0 bridgehead atoms. The fourth-order valence-corrected chi connectivity index (χ4v) is 3.39. The van der Waals surface area contributed by atoms with Gasteiger partial charge in [0.25, 0.3) is 5.78 Å².